The number of hydrogen-bond donors (Lipinski definition) is 1. The van der Waals surface area contributed by atoms with Crippen LogP contribution < -0.4 is 15.4 Å². The number of nitrogens with zero attached hydrogens (tertiary/aromatic N) is 2. The van der Waals surface area contributed by atoms with E-state index in [0.717, 1.165) is 27.3 Å². The van der Waals surface area contributed by atoms with Crippen molar-refractivity contribution in [1.29, 1.82) is 0 Å². The van der Waals surface area contributed by atoms with Gasteiger partial charge in [-0.05, 0) is 12.1 Å². The summed E-state index contributed by atoms with van der Waals surface area (Å²) >= 11 is 1.03. The first-order chi connectivity index (χ1) is 9.08. The van der Waals surface area contributed by atoms with Crippen LogP contribution in [0.5, 0.6) is 5.75 Å². The first-order valence-corrected chi connectivity index (χ1v) is 6.31. The van der Waals surface area contributed by atoms with Crippen molar-refractivity contribution in [2.75, 3.05) is 12.8 Å². The van der Waals surface area contributed by atoms with Crippen LogP contribution in [0.2, 0.25) is 0 Å². The number of nitrogens with two attached hydrogens (primary N) is 1. The smallest absolute Gasteiger partial charge is 0.396 e. The number of fused-ring (bicyclic) bond motifs is 1. The van der Waals surface area contributed by atoms with Crippen LogP contribution in [-0.2, 0) is 7.05 Å². The summed E-state index contributed by atoms with van der Waals surface area (Å²) in [5.41, 5.74) is 7.78. The molecule has 0 aliphatic heterocycles. The minimum absolute atomic E-state index is 0.356. The highest BCUT2D eigenvalue weighted by molar-refractivity contribution is 7.16. The van der Waals surface area contributed by atoms with E-state index in [1.54, 1.807) is 23.9 Å². The molecule has 19 heavy (non-hydrogen) atoms. The maximum Gasteiger partial charge on any atom is 0.396 e. The fourth-order valence-electron chi connectivity index (χ4n) is 1.87. The summed E-state index contributed by atoms with van der Waals surface area (Å²) in [6.45, 7) is 0. The van der Waals surface area contributed by atoms with Gasteiger partial charge in [-0.2, -0.15) is 5.10 Å². The number of aromatic nitrogens is 2. The lowest BCUT2D eigenvalue weighted by atomic mass is 10.1. The van der Waals surface area contributed by atoms with E-state index in [0.29, 0.717) is 17.2 Å². The molecule has 98 valence electrons. The zero-order valence-electron chi connectivity index (χ0n) is 10.3. The van der Waals surface area contributed by atoms with Crippen LogP contribution in [-0.4, -0.2) is 16.9 Å². The van der Waals surface area contributed by atoms with Gasteiger partial charge >= 0.3 is 4.94 Å². The van der Waals surface area contributed by atoms with Crippen LogP contribution in [0.15, 0.2) is 27.4 Å². The molecule has 2 heterocycles. The molecule has 0 radical (unpaired) electrons. The van der Waals surface area contributed by atoms with Gasteiger partial charge in [0.1, 0.15) is 5.82 Å². The standard InChI is InChI=1S/C12H11N3O3S/c1-15-10(13)5-7(14-15)6-3-8(17-2)11-9(4-6)19-12(16)18-11/h3-5H,13H2,1-2H3. The molecule has 0 spiro atoms. The fraction of sp³-hybridized carbons (Fsp3) is 0.167. The molecule has 0 amide bonds. The van der Waals surface area contributed by atoms with Crippen molar-refractivity contribution in [2.24, 2.45) is 7.05 Å². The van der Waals surface area contributed by atoms with Crippen LogP contribution in [0.1, 0.15) is 0 Å². The molecular formula is C12H11N3O3S. The van der Waals surface area contributed by atoms with Crippen molar-refractivity contribution in [3.05, 3.63) is 27.9 Å². The Balaban J connectivity index is 2.27. The SMILES string of the molecule is COc1cc(-c2cc(N)n(C)n2)cc2sc(=O)oc12. The number of nitrogen functional groups attached to an aromatic ring is 1. The molecule has 2 N–H and O–H groups in total. The van der Waals surface area contributed by atoms with Crippen molar-refractivity contribution >= 4 is 27.4 Å². The summed E-state index contributed by atoms with van der Waals surface area (Å²) in [4.78, 5) is 11.0. The third-order valence-corrected chi connectivity index (χ3v) is 3.60. The number of aryl methyl sites for hydroxylation is 1. The lowest BCUT2D eigenvalue weighted by Crippen LogP contribution is -1.96. The van der Waals surface area contributed by atoms with E-state index in [1.165, 1.54) is 7.11 Å². The summed E-state index contributed by atoms with van der Waals surface area (Å²) < 4.78 is 12.7. The number of ether oxygens (including phenoxy) is 1. The molecule has 0 aliphatic carbocycles. The maximum atomic E-state index is 11.3. The molecule has 0 atom stereocenters. The second-order valence-electron chi connectivity index (χ2n) is 4.04. The average Bonchev–Trinajstić information content (AvgIpc) is 2.90. The van der Waals surface area contributed by atoms with E-state index >= 15 is 0 Å². The molecule has 3 rings (SSSR count). The Labute approximate surface area is 112 Å². The van der Waals surface area contributed by atoms with Crippen LogP contribution in [0.4, 0.5) is 5.82 Å². The van der Waals surface area contributed by atoms with Gasteiger partial charge in [0.15, 0.2) is 11.3 Å². The van der Waals surface area contributed by atoms with Crippen molar-refractivity contribution in [3.8, 4) is 17.0 Å². The predicted molar refractivity (Wildman–Crippen MR) is 73.5 cm³/mol. The van der Waals surface area contributed by atoms with Gasteiger partial charge in [-0.3, -0.25) is 4.68 Å². The van der Waals surface area contributed by atoms with E-state index in [9.17, 15) is 4.79 Å². The Morgan fingerprint density at radius 3 is 2.84 bits per heavy atom. The number of rotatable bonds is 2. The van der Waals surface area contributed by atoms with Gasteiger partial charge in [0.2, 0.25) is 0 Å². The third-order valence-electron chi connectivity index (χ3n) is 2.83. The van der Waals surface area contributed by atoms with Gasteiger partial charge in [-0.25, -0.2) is 4.79 Å². The number of benzene rings is 1. The van der Waals surface area contributed by atoms with Crippen LogP contribution in [0.3, 0.4) is 0 Å². The van der Waals surface area contributed by atoms with E-state index in [4.69, 9.17) is 14.9 Å². The Bertz CT molecular complexity index is 796. The van der Waals surface area contributed by atoms with E-state index in [2.05, 4.69) is 5.10 Å². The Morgan fingerprint density at radius 2 is 2.21 bits per heavy atom. The summed E-state index contributed by atoms with van der Waals surface area (Å²) in [6, 6.07) is 5.39. The van der Waals surface area contributed by atoms with Gasteiger partial charge in [-0.1, -0.05) is 11.3 Å². The molecule has 0 saturated carbocycles. The monoisotopic (exact) mass is 277 g/mol. The molecule has 7 heteroatoms. The zero-order valence-corrected chi connectivity index (χ0v) is 11.2. The Kier molecular flexibility index (Phi) is 2.56. The molecule has 0 unspecified atom stereocenters. The highest BCUT2D eigenvalue weighted by atomic mass is 32.1. The Morgan fingerprint density at radius 1 is 1.42 bits per heavy atom. The normalized spacial score (nSPS) is 11.1. The van der Waals surface area contributed by atoms with Crippen molar-refractivity contribution < 1.29 is 9.15 Å². The molecule has 2 aromatic heterocycles. The summed E-state index contributed by atoms with van der Waals surface area (Å²) in [7, 11) is 3.30. The quantitative estimate of drug-likeness (QED) is 0.772. The molecule has 1 aromatic carbocycles. The molecule has 6 nitrogen and oxygen atoms in total. The highest BCUT2D eigenvalue weighted by Gasteiger charge is 2.13. The second-order valence-corrected chi connectivity index (χ2v) is 5.02. The summed E-state index contributed by atoms with van der Waals surface area (Å²) in [5.74, 6) is 1.07. The highest BCUT2D eigenvalue weighted by Crippen LogP contribution is 2.33. The molecular weight excluding hydrogens is 266 g/mol. The van der Waals surface area contributed by atoms with E-state index in [-0.39, 0.29) is 4.94 Å². The minimum Gasteiger partial charge on any atom is -0.493 e. The number of hydrogen-bond acceptors (Lipinski definition) is 6. The lowest BCUT2D eigenvalue weighted by molar-refractivity contribution is 0.409. The maximum absolute atomic E-state index is 11.3. The average molecular weight is 277 g/mol. The van der Waals surface area contributed by atoms with Gasteiger partial charge < -0.3 is 14.9 Å². The minimum atomic E-state index is -0.356. The van der Waals surface area contributed by atoms with Crippen molar-refractivity contribution in [3.63, 3.8) is 0 Å². The molecule has 0 bridgehead atoms. The third kappa shape index (κ3) is 1.88. The van der Waals surface area contributed by atoms with Crippen LogP contribution in [0, 0.1) is 0 Å². The molecule has 0 aliphatic rings. The predicted octanol–water partition coefficient (Wildman–Crippen LogP) is 1.85. The van der Waals surface area contributed by atoms with Gasteiger partial charge in [-0.15, -0.1) is 0 Å². The van der Waals surface area contributed by atoms with E-state index in [1.807, 2.05) is 6.07 Å². The first kappa shape index (κ1) is 11.8. The topological polar surface area (TPSA) is 83.3 Å². The summed E-state index contributed by atoms with van der Waals surface area (Å²) in [6.07, 6.45) is 0. The fourth-order valence-corrected chi connectivity index (χ4v) is 2.59. The largest absolute Gasteiger partial charge is 0.493 e. The molecule has 0 fully saturated rings. The second kappa shape index (κ2) is 4.13. The van der Waals surface area contributed by atoms with Gasteiger partial charge in [0.25, 0.3) is 0 Å². The molecule has 3 aromatic rings. The van der Waals surface area contributed by atoms with Gasteiger partial charge in [0, 0.05) is 18.7 Å². The number of methoxy groups -OCH3 is 1. The zero-order chi connectivity index (χ0) is 13.6. The van der Waals surface area contributed by atoms with Crippen LogP contribution in [0.25, 0.3) is 21.5 Å². The van der Waals surface area contributed by atoms with E-state index < -0.39 is 0 Å². The number of anilines is 1. The van der Waals surface area contributed by atoms with Crippen LogP contribution >= 0.6 is 11.3 Å². The van der Waals surface area contributed by atoms with Gasteiger partial charge in [0.05, 0.1) is 17.5 Å². The Hall–Kier alpha value is -2.28. The molecule has 0 saturated heterocycles. The van der Waals surface area contributed by atoms with Crippen molar-refractivity contribution in [1.82, 2.24) is 9.78 Å². The lowest BCUT2D eigenvalue weighted by Gasteiger charge is -2.02. The van der Waals surface area contributed by atoms with Crippen molar-refractivity contribution in [2.45, 2.75) is 0 Å². The first-order valence-electron chi connectivity index (χ1n) is 5.50. The summed E-state index contributed by atoms with van der Waals surface area (Å²) in [5, 5.41) is 4.30.